The lowest BCUT2D eigenvalue weighted by molar-refractivity contribution is -0.138. The van der Waals surface area contributed by atoms with Gasteiger partial charge in [-0.1, -0.05) is 13.8 Å². The Morgan fingerprint density at radius 3 is 2.31 bits per heavy atom. The molecule has 0 radical (unpaired) electrons. The number of nitrogens with zero attached hydrogens (tertiary/aromatic N) is 3. The van der Waals surface area contributed by atoms with Gasteiger partial charge in [0.2, 0.25) is 11.8 Å². The second-order valence-electron chi connectivity index (χ2n) is 8.39. The lowest BCUT2D eigenvalue weighted by atomic mass is 9.76. The normalized spacial score (nSPS) is 24.7. The van der Waals surface area contributed by atoms with Crippen LogP contribution >= 0.6 is 0 Å². The summed E-state index contributed by atoms with van der Waals surface area (Å²) in [6.45, 7) is 10.1. The van der Waals surface area contributed by atoms with Crippen molar-refractivity contribution in [3.8, 4) is 5.88 Å². The Morgan fingerprint density at radius 2 is 1.73 bits per heavy atom. The zero-order chi connectivity index (χ0) is 18.7. The zero-order valence-electron chi connectivity index (χ0n) is 16.7. The van der Waals surface area contributed by atoms with Gasteiger partial charge in [0.15, 0.2) is 0 Å². The molecule has 1 saturated carbocycles. The highest BCUT2D eigenvalue weighted by atomic mass is 16.5. The highest BCUT2D eigenvalue weighted by Gasteiger charge is 2.32. The van der Waals surface area contributed by atoms with Crippen LogP contribution in [0.5, 0.6) is 5.88 Å². The predicted octanol–water partition coefficient (Wildman–Crippen LogP) is 3.93. The Kier molecular flexibility index (Phi) is 6.15. The molecule has 0 aromatic carbocycles. The van der Waals surface area contributed by atoms with Crippen molar-refractivity contribution in [2.75, 3.05) is 13.1 Å². The Hall–Kier alpha value is -1.65. The fourth-order valence-electron chi connectivity index (χ4n) is 4.40. The van der Waals surface area contributed by atoms with E-state index in [1.54, 1.807) is 0 Å². The lowest BCUT2D eigenvalue weighted by Gasteiger charge is -2.36. The van der Waals surface area contributed by atoms with Crippen molar-refractivity contribution in [3.63, 3.8) is 0 Å². The van der Waals surface area contributed by atoms with Gasteiger partial charge < -0.3 is 9.64 Å². The summed E-state index contributed by atoms with van der Waals surface area (Å²) < 4.78 is 6.04. The molecule has 2 fully saturated rings. The van der Waals surface area contributed by atoms with Crippen LogP contribution in [0, 0.1) is 31.6 Å². The molecule has 5 nitrogen and oxygen atoms in total. The Morgan fingerprint density at radius 1 is 1.08 bits per heavy atom. The second kappa shape index (κ2) is 8.36. The van der Waals surface area contributed by atoms with Crippen LogP contribution in [0.3, 0.4) is 0 Å². The summed E-state index contributed by atoms with van der Waals surface area (Å²) in [6.07, 6.45) is 6.46. The molecule has 0 N–H and O–H groups in total. The fraction of sp³-hybridized carbons (Fsp3) is 0.762. The molecule has 0 spiro atoms. The summed E-state index contributed by atoms with van der Waals surface area (Å²) in [7, 11) is 0. The summed E-state index contributed by atoms with van der Waals surface area (Å²) >= 11 is 0. The van der Waals surface area contributed by atoms with E-state index in [-0.39, 0.29) is 12.0 Å². The number of hydrogen-bond acceptors (Lipinski definition) is 4. The number of carbonyl (C=O) groups excluding carboxylic acids is 1. The maximum absolute atomic E-state index is 12.8. The van der Waals surface area contributed by atoms with Gasteiger partial charge in [-0.05, 0) is 51.4 Å². The van der Waals surface area contributed by atoms with Crippen molar-refractivity contribution in [1.82, 2.24) is 14.9 Å². The van der Waals surface area contributed by atoms with Crippen LogP contribution in [-0.4, -0.2) is 40.0 Å². The van der Waals surface area contributed by atoms with Crippen LogP contribution in [0.2, 0.25) is 0 Å². The number of carbonyl (C=O) groups is 1. The van der Waals surface area contributed by atoms with Gasteiger partial charge in [-0.15, -0.1) is 0 Å². The first-order valence-electron chi connectivity index (χ1n) is 10.2. The lowest BCUT2D eigenvalue weighted by Crippen LogP contribution is -2.45. The maximum atomic E-state index is 12.8. The van der Waals surface area contributed by atoms with Crippen molar-refractivity contribution in [3.05, 3.63) is 17.6 Å². The van der Waals surface area contributed by atoms with E-state index in [1.165, 1.54) is 12.8 Å². The number of piperidine rings is 1. The SMILES string of the molecule is Cc1cc(OC2CCN(C(=O)C3CCC(C(C)C)CC3)CC2)nc(C)n1. The van der Waals surface area contributed by atoms with Crippen LogP contribution in [0.1, 0.15) is 63.9 Å². The number of aryl methyl sites for hydroxylation is 2. The smallest absolute Gasteiger partial charge is 0.225 e. The van der Waals surface area contributed by atoms with Crippen LogP contribution in [0.4, 0.5) is 0 Å². The average Bonchev–Trinajstić information content (AvgIpc) is 2.61. The van der Waals surface area contributed by atoms with Gasteiger partial charge in [-0.2, -0.15) is 4.98 Å². The van der Waals surface area contributed by atoms with Crippen molar-refractivity contribution < 1.29 is 9.53 Å². The van der Waals surface area contributed by atoms with Crippen molar-refractivity contribution in [2.45, 2.75) is 72.3 Å². The van der Waals surface area contributed by atoms with Gasteiger partial charge in [0, 0.05) is 43.6 Å². The number of amides is 1. The molecule has 1 amide bonds. The molecule has 2 heterocycles. The Bertz CT molecular complexity index is 595. The van der Waals surface area contributed by atoms with E-state index in [2.05, 4.69) is 28.7 Å². The standard InChI is InChI=1S/C21H33N3O2/c1-14(2)17-5-7-18(8-6-17)21(25)24-11-9-19(10-12-24)26-20-13-15(3)22-16(4)23-20/h13-14,17-19H,5-12H2,1-4H3. The largest absolute Gasteiger partial charge is 0.474 e. The van der Waals surface area contributed by atoms with Gasteiger partial charge in [-0.25, -0.2) is 4.98 Å². The van der Waals surface area contributed by atoms with Crippen LogP contribution in [-0.2, 0) is 4.79 Å². The first-order chi connectivity index (χ1) is 12.4. The highest BCUT2D eigenvalue weighted by Crippen LogP contribution is 2.34. The zero-order valence-corrected chi connectivity index (χ0v) is 16.7. The number of likely N-dealkylation sites (tertiary alicyclic amines) is 1. The highest BCUT2D eigenvalue weighted by molar-refractivity contribution is 5.79. The topological polar surface area (TPSA) is 55.3 Å². The number of aromatic nitrogens is 2. The molecule has 0 bridgehead atoms. The van der Waals surface area contributed by atoms with E-state index in [0.717, 1.165) is 62.1 Å². The molecule has 1 aromatic rings. The average molecular weight is 360 g/mol. The predicted molar refractivity (Wildman–Crippen MR) is 102 cm³/mol. The van der Waals surface area contributed by atoms with Gasteiger partial charge in [0.1, 0.15) is 11.9 Å². The van der Waals surface area contributed by atoms with Gasteiger partial charge in [0.05, 0.1) is 0 Å². The summed E-state index contributed by atoms with van der Waals surface area (Å²) in [5.74, 6) is 3.57. The van der Waals surface area contributed by atoms with Crippen molar-refractivity contribution in [1.29, 1.82) is 0 Å². The van der Waals surface area contributed by atoms with Crippen molar-refractivity contribution >= 4 is 5.91 Å². The summed E-state index contributed by atoms with van der Waals surface area (Å²) in [5.41, 5.74) is 0.928. The first kappa shape index (κ1) is 19.1. The molecule has 0 unspecified atom stereocenters. The molecule has 1 aliphatic carbocycles. The molecule has 0 atom stereocenters. The molecule has 3 rings (SSSR count). The third-order valence-electron chi connectivity index (χ3n) is 6.05. The summed E-state index contributed by atoms with van der Waals surface area (Å²) in [5, 5.41) is 0. The van der Waals surface area contributed by atoms with E-state index < -0.39 is 0 Å². The van der Waals surface area contributed by atoms with E-state index in [9.17, 15) is 4.79 Å². The van der Waals surface area contributed by atoms with Crippen LogP contribution in [0.15, 0.2) is 6.07 Å². The Balaban J connectivity index is 1.47. The fourth-order valence-corrected chi connectivity index (χ4v) is 4.40. The van der Waals surface area contributed by atoms with Crippen molar-refractivity contribution in [2.24, 2.45) is 17.8 Å². The van der Waals surface area contributed by atoms with E-state index in [0.29, 0.717) is 11.8 Å². The Labute approximate surface area is 157 Å². The van der Waals surface area contributed by atoms with E-state index >= 15 is 0 Å². The minimum absolute atomic E-state index is 0.143. The minimum atomic E-state index is 0.143. The quantitative estimate of drug-likeness (QED) is 0.817. The molecule has 2 aliphatic rings. The van der Waals surface area contributed by atoms with Crippen LogP contribution < -0.4 is 4.74 Å². The monoisotopic (exact) mass is 359 g/mol. The molecule has 5 heteroatoms. The molecular weight excluding hydrogens is 326 g/mol. The molecule has 1 saturated heterocycles. The minimum Gasteiger partial charge on any atom is -0.474 e. The molecular formula is C21H33N3O2. The number of hydrogen-bond donors (Lipinski definition) is 0. The molecule has 26 heavy (non-hydrogen) atoms. The number of rotatable bonds is 4. The molecule has 144 valence electrons. The molecule has 1 aromatic heterocycles. The third kappa shape index (κ3) is 4.74. The maximum Gasteiger partial charge on any atom is 0.225 e. The second-order valence-corrected chi connectivity index (χ2v) is 8.39. The third-order valence-corrected chi connectivity index (χ3v) is 6.05. The first-order valence-corrected chi connectivity index (χ1v) is 10.2. The van der Waals surface area contributed by atoms with Gasteiger partial charge in [-0.3, -0.25) is 4.79 Å². The summed E-state index contributed by atoms with van der Waals surface area (Å²) in [4.78, 5) is 23.6. The number of ether oxygens (including phenoxy) is 1. The van der Waals surface area contributed by atoms with Gasteiger partial charge in [0.25, 0.3) is 0 Å². The van der Waals surface area contributed by atoms with Gasteiger partial charge >= 0.3 is 0 Å². The molecule has 1 aliphatic heterocycles. The van der Waals surface area contributed by atoms with E-state index in [4.69, 9.17) is 4.74 Å². The van der Waals surface area contributed by atoms with Crippen LogP contribution in [0.25, 0.3) is 0 Å². The van der Waals surface area contributed by atoms with E-state index in [1.807, 2.05) is 19.9 Å². The summed E-state index contributed by atoms with van der Waals surface area (Å²) in [6, 6.07) is 1.89.